The van der Waals surface area contributed by atoms with Gasteiger partial charge in [-0.05, 0) is 6.42 Å². The maximum absolute atomic E-state index is 9.90. The average Bonchev–Trinajstić information content (AvgIpc) is 1.72. The smallest absolute Gasteiger partial charge is 2.00 e. The Morgan fingerprint density at radius 1 is 1.50 bits per heavy atom. The molecular weight excluding hydrogens is 168 g/mol. The van der Waals surface area contributed by atoms with E-state index in [9.17, 15) is 4.79 Å². The van der Waals surface area contributed by atoms with Gasteiger partial charge in [0.05, 0.1) is 0 Å². The Bertz CT molecular complexity index is 67.4. The van der Waals surface area contributed by atoms with Gasteiger partial charge in [0.1, 0.15) is 6.29 Å². The molecule has 0 spiro atoms. The zero-order valence-electron chi connectivity index (χ0n) is 5.87. The van der Waals surface area contributed by atoms with Gasteiger partial charge >= 0.3 is 21.7 Å². The van der Waals surface area contributed by atoms with Gasteiger partial charge in [-0.3, -0.25) is 0 Å². The third-order valence-electron chi connectivity index (χ3n) is 0.949. The van der Waals surface area contributed by atoms with Crippen LogP contribution in [0.2, 0.25) is 0 Å². The van der Waals surface area contributed by atoms with Crippen LogP contribution in [0.25, 0.3) is 0 Å². The molecule has 0 aliphatic rings. The average molecular weight is 178 g/mol. The number of carbonyl (C=O) groups excluding carboxylic acids is 1. The molecule has 0 radical (unpaired) electrons. The van der Waals surface area contributed by atoms with Gasteiger partial charge in [0, 0.05) is 5.92 Å². The standard InChI is InChI=1S/C6H10O.2O.Ti/c1-3-6(4-2)5-7;;;/h3,5-6H,1,4H2,2H3;;;/q;2*-2;+4. The molecule has 3 nitrogen and oxygen atoms in total. The molecule has 56 valence electrons. The molecule has 0 saturated carbocycles. The summed E-state index contributed by atoms with van der Waals surface area (Å²) in [5.74, 6) is 0.0694. The van der Waals surface area contributed by atoms with E-state index in [0.29, 0.717) is 0 Å². The van der Waals surface area contributed by atoms with Crippen molar-refractivity contribution in [3.05, 3.63) is 12.7 Å². The zero-order chi connectivity index (χ0) is 5.70. The molecular formula is C6H10O3Ti. The summed E-state index contributed by atoms with van der Waals surface area (Å²) >= 11 is 0. The molecule has 0 fully saturated rings. The van der Waals surface area contributed by atoms with Crippen LogP contribution >= 0.6 is 0 Å². The maximum atomic E-state index is 9.90. The van der Waals surface area contributed by atoms with Gasteiger partial charge in [-0.2, -0.15) is 0 Å². The van der Waals surface area contributed by atoms with E-state index in [2.05, 4.69) is 6.58 Å². The Kier molecular flexibility index (Phi) is 36.0. The van der Waals surface area contributed by atoms with Crippen LogP contribution < -0.4 is 0 Å². The van der Waals surface area contributed by atoms with Crippen LogP contribution in [0.5, 0.6) is 0 Å². The van der Waals surface area contributed by atoms with E-state index < -0.39 is 0 Å². The van der Waals surface area contributed by atoms with Crippen LogP contribution in [-0.2, 0) is 37.5 Å². The fourth-order valence-electron chi connectivity index (χ4n) is 0.318. The molecule has 0 N–H and O–H groups in total. The van der Waals surface area contributed by atoms with E-state index in [1.165, 1.54) is 0 Å². The minimum absolute atomic E-state index is 0. The molecule has 0 bridgehead atoms. The number of hydrogen-bond donors (Lipinski definition) is 0. The van der Waals surface area contributed by atoms with Crippen LogP contribution in [0, 0.1) is 5.92 Å². The molecule has 1 unspecified atom stereocenters. The summed E-state index contributed by atoms with van der Waals surface area (Å²) in [6.45, 7) is 5.43. The predicted octanol–water partition coefficient (Wildman–Crippen LogP) is 1.16. The molecule has 1 atom stereocenters. The number of aldehydes is 1. The second-order valence-corrected chi connectivity index (χ2v) is 1.44. The minimum atomic E-state index is 0. The zero-order valence-corrected chi connectivity index (χ0v) is 7.43. The van der Waals surface area contributed by atoms with Gasteiger partial charge in [-0.1, -0.05) is 13.0 Å². The van der Waals surface area contributed by atoms with Crippen molar-refractivity contribution in [2.24, 2.45) is 5.92 Å². The Hall–Kier alpha value is 0.0443. The van der Waals surface area contributed by atoms with Gasteiger partial charge in [-0.25, -0.2) is 0 Å². The van der Waals surface area contributed by atoms with E-state index in [1.54, 1.807) is 6.08 Å². The van der Waals surface area contributed by atoms with Gasteiger partial charge in [0.15, 0.2) is 0 Å². The fourth-order valence-corrected chi connectivity index (χ4v) is 0.318. The molecule has 0 aromatic heterocycles. The van der Waals surface area contributed by atoms with Crippen molar-refractivity contribution in [2.75, 3.05) is 0 Å². The van der Waals surface area contributed by atoms with Crippen molar-refractivity contribution in [3.63, 3.8) is 0 Å². The van der Waals surface area contributed by atoms with Crippen LogP contribution in [0.15, 0.2) is 12.7 Å². The van der Waals surface area contributed by atoms with Crippen molar-refractivity contribution in [1.82, 2.24) is 0 Å². The summed E-state index contributed by atoms with van der Waals surface area (Å²) in [4.78, 5) is 9.90. The normalized spacial score (nSPS) is 8.90. The van der Waals surface area contributed by atoms with E-state index in [0.717, 1.165) is 12.7 Å². The van der Waals surface area contributed by atoms with Crippen molar-refractivity contribution < 1.29 is 37.5 Å². The summed E-state index contributed by atoms with van der Waals surface area (Å²) in [6, 6.07) is 0. The molecule has 0 heterocycles. The molecule has 0 amide bonds. The van der Waals surface area contributed by atoms with Crippen LogP contribution in [0.3, 0.4) is 0 Å². The summed E-state index contributed by atoms with van der Waals surface area (Å²) in [5, 5.41) is 0. The predicted molar refractivity (Wildman–Crippen MR) is 31.4 cm³/mol. The maximum Gasteiger partial charge on any atom is 4.00 e. The number of hydrogen-bond acceptors (Lipinski definition) is 1. The van der Waals surface area contributed by atoms with Crippen LogP contribution in [0.4, 0.5) is 0 Å². The third-order valence-corrected chi connectivity index (χ3v) is 0.949. The molecule has 10 heavy (non-hydrogen) atoms. The SMILES string of the molecule is C=CC(C=O)CC.[O-2].[O-2].[Ti+4]. The minimum Gasteiger partial charge on any atom is -2.00 e. The summed E-state index contributed by atoms with van der Waals surface area (Å²) < 4.78 is 0. The van der Waals surface area contributed by atoms with E-state index >= 15 is 0 Å². The molecule has 0 aromatic carbocycles. The van der Waals surface area contributed by atoms with Gasteiger partial charge < -0.3 is 15.7 Å². The van der Waals surface area contributed by atoms with E-state index in [-0.39, 0.29) is 38.6 Å². The van der Waals surface area contributed by atoms with Gasteiger partial charge in [0.2, 0.25) is 0 Å². The first kappa shape index (κ1) is 22.5. The van der Waals surface area contributed by atoms with Crippen molar-refractivity contribution >= 4 is 6.29 Å². The summed E-state index contributed by atoms with van der Waals surface area (Å²) in [5.41, 5.74) is 0. The Morgan fingerprint density at radius 3 is 1.90 bits per heavy atom. The first-order valence-corrected chi connectivity index (χ1v) is 2.43. The molecule has 0 rings (SSSR count). The number of allylic oxidation sites excluding steroid dienone is 1. The fraction of sp³-hybridized carbons (Fsp3) is 0.500. The third kappa shape index (κ3) is 10.9. The first-order valence-electron chi connectivity index (χ1n) is 2.43. The van der Waals surface area contributed by atoms with E-state index in [4.69, 9.17) is 0 Å². The monoisotopic (exact) mass is 178 g/mol. The molecule has 0 aliphatic heterocycles. The second kappa shape index (κ2) is 16.0. The topological polar surface area (TPSA) is 74.1 Å². The Labute approximate surface area is 76.0 Å². The Morgan fingerprint density at radius 2 is 1.90 bits per heavy atom. The molecule has 0 saturated heterocycles. The number of carbonyl (C=O) groups is 1. The van der Waals surface area contributed by atoms with Crippen molar-refractivity contribution in [3.8, 4) is 0 Å². The molecule has 0 aliphatic carbocycles. The second-order valence-electron chi connectivity index (χ2n) is 1.44. The molecule has 0 aromatic rings. The van der Waals surface area contributed by atoms with Crippen LogP contribution in [0.1, 0.15) is 13.3 Å². The van der Waals surface area contributed by atoms with Gasteiger partial charge in [0.25, 0.3) is 0 Å². The first-order chi connectivity index (χ1) is 3.35. The van der Waals surface area contributed by atoms with Crippen molar-refractivity contribution in [2.45, 2.75) is 13.3 Å². The van der Waals surface area contributed by atoms with Crippen LogP contribution in [-0.4, -0.2) is 6.29 Å². The summed E-state index contributed by atoms with van der Waals surface area (Å²) in [7, 11) is 0. The largest absolute Gasteiger partial charge is 4.00 e. The van der Waals surface area contributed by atoms with E-state index in [1.807, 2.05) is 6.92 Å². The summed E-state index contributed by atoms with van der Waals surface area (Å²) in [6.07, 6.45) is 3.44. The Balaban J connectivity index is -0.0000000600. The quantitative estimate of drug-likeness (QED) is 0.363. The van der Waals surface area contributed by atoms with Crippen molar-refractivity contribution in [1.29, 1.82) is 0 Å². The molecule has 4 heteroatoms. The number of rotatable bonds is 3. The van der Waals surface area contributed by atoms with Gasteiger partial charge in [-0.15, -0.1) is 6.58 Å².